The van der Waals surface area contributed by atoms with Gasteiger partial charge in [-0.05, 0) is 0 Å². The number of nitrogens with two attached hydrogens (primary N) is 1. The van der Waals surface area contributed by atoms with E-state index in [-0.39, 0.29) is 25.0 Å². The van der Waals surface area contributed by atoms with Gasteiger partial charge in [0.1, 0.15) is 13.2 Å². The van der Waals surface area contributed by atoms with Crippen LogP contribution in [0, 0.1) is 0 Å². The first-order chi connectivity index (χ1) is 5.25. The second-order valence-electron chi connectivity index (χ2n) is 2.22. The van der Waals surface area contributed by atoms with Crippen molar-refractivity contribution in [1.29, 1.82) is 0 Å². The first kappa shape index (κ1) is 8.16. The van der Waals surface area contributed by atoms with Gasteiger partial charge in [-0.1, -0.05) is 0 Å². The minimum atomic E-state index is -0.299. The number of carbonyl (C=O) groups is 2. The average molecular weight is 158 g/mol. The van der Waals surface area contributed by atoms with Crippen molar-refractivity contribution in [3.05, 3.63) is 0 Å². The van der Waals surface area contributed by atoms with Crippen LogP contribution in [0.3, 0.4) is 0 Å². The van der Waals surface area contributed by atoms with Crippen LogP contribution in [0.2, 0.25) is 0 Å². The van der Waals surface area contributed by atoms with E-state index in [1.54, 1.807) is 0 Å². The van der Waals surface area contributed by atoms with E-state index < -0.39 is 0 Å². The van der Waals surface area contributed by atoms with E-state index in [0.29, 0.717) is 13.1 Å². The number of amides is 2. The quantitative estimate of drug-likeness (QED) is 0.488. The van der Waals surface area contributed by atoms with Gasteiger partial charge in [0.2, 0.25) is 0 Å². The van der Waals surface area contributed by atoms with Gasteiger partial charge in [0.05, 0.1) is 0 Å². The van der Waals surface area contributed by atoms with Gasteiger partial charge in [-0.2, -0.15) is 0 Å². The molecule has 1 aliphatic rings. The Morgan fingerprint density at radius 1 is 1.36 bits per heavy atom. The fourth-order valence-corrected chi connectivity index (χ4v) is 0.899. The summed E-state index contributed by atoms with van der Waals surface area (Å²) in [6.45, 7) is 0.579. The monoisotopic (exact) mass is 158 g/mol. The Balaban J connectivity index is 2.55. The van der Waals surface area contributed by atoms with Crippen LogP contribution >= 0.6 is 0 Å². The zero-order chi connectivity index (χ0) is 8.27. The molecule has 0 aliphatic carbocycles. The van der Waals surface area contributed by atoms with Crippen molar-refractivity contribution in [2.24, 2.45) is 5.73 Å². The summed E-state index contributed by atoms with van der Waals surface area (Å²) in [4.78, 5) is 23.0. The third kappa shape index (κ3) is 1.75. The lowest BCUT2D eigenvalue weighted by Gasteiger charge is -2.23. The van der Waals surface area contributed by atoms with Crippen molar-refractivity contribution >= 4 is 11.8 Å². The van der Waals surface area contributed by atoms with Crippen molar-refractivity contribution in [2.45, 2.75) is 0 Å². The molecule has 1 fully saturated rings. The van der Waals surface area contributed by atoms with Gasteiger partial charge < -0.3 is 10.5 Å². The molecule has 11 heavy (non-hydrogen) atoms. The maximum absolute atomic E-state index is 10.9. The molecule has 1 aliphatic heterocycles. The van der Waals surface area contributed by atoms with Crippen molar-refractivity contribution in [1.82, 2.24) is 4.90 Å². The van der Waals surface area contributed by atoms with Crippen LogP contribution in [0.5, 0.6) is 0 Å². The summed E-state index contributed by atoms with van der Waals surface area (Å²) in [7, 11) is 0. The summed E-state index contributed by atoms with van der Waals surface area (Å²) >= 11 is 0. The fourth-order valence-electron chi connectivity index (χ4n) is 0.899. The highest BCUT2D eigenvalue weighted by Crippen LogP contribution is 1.98. The fraction of sp³-hybridized carbons (Fsp3) is 0.667. The number of rotatable bonds is 2. The van der Waals surface area contributed by atoms with Gasteiger partial charge in [0, 0.05) is 13.1 Å². The topological polar surface area (TPSA) is 72.6 Å². The van der Waals surface area contributed by atoms with Crippen LogP contribution in [0.4, 0.5) is 0 Å². The lowest BCUT2D eigenvalue weighted by Crippen LogP contribution is -2.48. The zero-order valence-corrected chi connectivity index (χ0v) is 6.08. The smallest absolute Gasteiger partial charge is 0.255 e. The highest BCUT2D eigenvalue weighted by Gasteiger charge is 2.25. The molecule has 0 aromatic carbocycles. The first-order valence-corrected chi connectivity index (χ1v) is 3.36. The second kappa shape index (κ2) is 3.45. The molecule has 1 rings (SSSR count). The Labute approximate surface area is 64.1 Å². The molecule has 0 saturated carbocycles. The summed E-state index contributed by atoms with van der Waals surface area (Å²) in [5.41, 5.74) is 5.20. The Kier molecular flexibility index (Phi) is 2.56. The van der Waals surface area contributed by atoms with Crippen LogP contribution in [0.1, 0.15) is 0 Å². The number of imide groups is 1. The van der Waals surface area contributed by atoms with Crippen molar-refractivity contribution < 1.29 is 14.3 Å². The van der Waals surface area contributed by atoms with E-state index in [0.717, 1.165) is 4.90 Å². The lowest BCUT2D eigenvalue weighted by molar-refractivity contribution is -0.158. The van der Waals surface area contributed by atoms with Crippen LogP contribution in [-0.2, 0) is 14.3 Å². The molecule has 2 N–H and O–H groups in total. The van der Waals surface area contributed by atoms with E-state index in [4.69, 9.17) is 5.73 Å². The van der Waals surface area contributed by atoms with Crippen LogP contribution < -0.4 is 5.73 Å². The molecule has 0 bridgehead atoms. The van der Waals surface area contributed by atoms with Crippen molar-refractivity contribution in [2.75, 3.05) is 26.3 Å². The Bertz CT molecular complexity index is 165. The molecular formula is C6H10N2O3. The summed E-state index contributed by atoms with van der Waals surface area (Å²) < 4.78 is 4.69. The molecule has 5 heteroatoms. The van der Waals surface area contributed by atoms with Crippen molar-refractivity contribution in [3.8, 4) is 0 Å². The SMILES string of the molecule is NCCN1C(=O)COCC1=O. The van der Waals surface area contributed by atoms with Gasteiger partial charge in [0.25, 0.3) is 11.8 Å². The highest BCUT2D eigenvalue weighted by atomic mass is 16.5. The molecule has 1 saturated heterocycles. The third-order valence-electron chi connectivity index (χ3n) is 1.41. The molecule has 0 aromatic rings. The van der Waals surface area contributed by atoms with Crippen LogP contribution in [0.25, 0.3) is 0 Å². The zero-order valence-electron chi connectivity index (χ0n) is 6.08. The minimum absolute atomic E-state index is 0.00819. The number of ether oxygens (including phenoxy) is 1. The van der Waals surface area contributed by atoms with Crippen LogP contribution in [0.15, 0.2) is 0 Å². The Hall–Kier alpha value is -0.940. The van der Waals surface area contributed by atoms with E-state index in [1.807, 2.05) is 0 Å². The number of hydrogen-bond donors (Lipinski definition) is 1. The standard InChI is InChI=1S/C6H10N2O3/c7-1-2-8-5(9)3-11-4-6(8)10/h1-4,7H2. The Morgan fingerprint density at radius 3 is 2.36 bits per heavy atom. The van der Waals surface area contributed by atoms with Gasteiger partial charge in [0.15, 0.2) is 0 Å². The van der Waals surface area contributed by atoms with Gasteiger partial charge in [-0.15, -0.1) is 0 Å². The average Bonchev–Trinajstić information content (AvgIpc) is 1.97. The van der Waals surface area contributed by atoms with E-state index >= 15 is 0 Å². The molecule has 0 spiro atoms. The molecule has 0 atom stereocenters. The number of hydrogen-bond acceptors (Lipinski definition) is 4. The molecule has 1 heterocycles. The molecular weight excluding hydrogens is 148 g/mol. The predicted molar refractivity (Wildman–Crippen MR) is 36.6 cm³/mol. The summed E-state index contributed by atoms with van der Waals surface area (Å²) in [6, 6.07) is 0. The van der Waals surface area contributed by atoms with Gasteiger partial charge in [-0.3, -0.25) is 14.5 Å². The van der Waals surface area contributed by atoms with Gasteiger partial charge in [-0.25, -0.2) is 0 Å². The maximum Gasteiger partial charge on any atom is 0.255 e. The number of carbonyl (C=O) groups excluding carboxylic acids is 2. The largest absolute Gasteiger partial charge is 0.362 e. The molecule has 0 aromatic heterocycles. The van der Waals surface area contributed by atoms with E-state index in [1.165, 1.54) is 0 Å². The maximum atomic E-state index is 10.9. The first-order valence-electron chi connectivity index (χ1n) is 3.36. The van der Waals surface area contributed by atoms with Gasteiger partial charge >= 0.3 is 0 Å². The number of morpholine rings is 1. The third-order valence-corrected chi connectivity index (χ3v) is 1.41. The van der Waals surface area contributed by atoms with E-state index in [2.05, 4.69) is 4.74 Å². The molecule has 0 unspecified atom stereocenters. The highest BCUT2D eigenvalue weighted by molar-refractivity contribution is 5.98. The van der Waals surface area contributed by atoms with E-state index in [9.17, 15) is 9.59 Å². The molecule has 5 nitrogen and oxygen atoms in total. The molecule has 0 radical (unpaired) electrons. The predicted octanol–water partition coefficient (Wildman–Crippen LogP) is -1.67. The minimum Gasteiger partial charge on any atom is -0.362 e. The molecule has 2 amide bonds. The Morgan fingerprint density at radius 2 is 1.91 bits per heavy atom. The molecule has 62 valence electrons. The summed E-state index contributed by atoms with van der Waals surface area (Å²) in [6.07, 6.45) is 0. The lowest BCUT2D eigenvalue weighted by atomic mass is 10.4. The summed E-state index contributed by atoms with van der Waals surface area (Å²) in [5.74, 6) is -0.599. The van der Waals surface area contributed by atoms with Crippen LogP contribution in [-0.4, -0.2) is 43.0 Å². The second-order valence-corrected chi connectivity index (χ2v) is 2.22. The summed E-state index contributed by atoms with van der Waals surface area (Å²) in [5, 5.41) is 0. The van der Waals surface area contributed by atoms with Crippen molar-refractivity contribution in [3.63, 3.8) is 0 Å². The normalized spacial score (nSPS) is 19.2. The number of nitrogens with zero attached hydrogens (tertiary/aromatic N) is 1.